The lowest BCUT2D eigenvalue weighted by atomic mass is 10.1. The van der Waals surface area contributed by atoms with Crippen molar-refractivity contribution in [2.45, 2.75) is 39.0 Å². The minimum absolute atomic E-state index is 0.221. The first-order valence-electron chi connectivity index (χ1n) is 5.85. The standard InChI is InChI=1S/C12H14N4O2/c1-12(2,3)18-11(17)16-8-5-13-6-14-7-4-9(16)15-10(7)8/h5-6,9H,4H2,1-3H3. The van der Waals surface area contributed by atoms with Crippen LogP contribution in [-0.4, -0.2) is 40.5 Å². The van der Waals surface area contributed by atoms with Gasteiger partial charge in [-0.1, -0.05) is 0 Å². The van der Waals surface area contributed by atoms with Crippen molar-refractivity contribution in [3.8, 4) is 0 Å². The van der Waals surface area contributed by atoms with Crippen LogP contribution in [0.4, 0.5) is 4.79 Å². The lowest BCUT2D eigenvalue weighted by Gasteiger charge is -2.30. The number of amides is 1. The molecule has 0 fully saturated rings. The lowest BCUT2D eigenvalue weighted by molar-refractivity contribution is 0.0277. The monoisotopic (exact) mass is 246 g/mol. The number of fused-ring (bicyclic) bond motifs is 1. The lowest BCUT2D eigenvalue weighted by Crippen LogP contribution is -2.43. The predicted molar refractivity (Wildman–Crippen MR) is 67.9 cm³/mol. The van der Waals surface area contributed by atoms with Gasteiger partial charge < -0.3 is 4.74 Å². The third kappa shape index (κ3) is 1.64. The van der Waals surface area contributed by atoms with Crippen LogP contribution in [0.5, 0.6) is 0 Å². The van der Waals surface area contributed by atoms with Crippen LogP contribution in [0.1, 0.15) is 27.2 Å². The first kappa shape index (κ1) is 11.1. The molecule has 2 bridgehead atoms. The molecule has 0 aliphatic carbocycles. The summed E-state index contributed by atoms with van der Waals surface area (Å²) < 4.78 is 5.39. The number of carbonyl (C=O) groups excluding carboxylic acids is 1. The second-order valence-electron chi connectivity index (χ2n) is 5.37. The molecule has 0 saturated carbocycles. The van der Waals surface area contributed by atoms with E-state index in [1.54, 1.807) is 11.1 Å². The summed E-state index contributed by atoms with van der Waals surface area (Å²) >= 11 is 0. The molecule has 3 heterocycles. The first-order chi connectivity index (χ1) is 8.46. The third-order valence-electron chi connectivity index (χ3n) is 2.79. The van der Waals surface area contributed by atoms with E-state index >= 15 is 0 Å². The summed E-state index contributed by atoms with van der Waals surface area (Å²) in [5, 5.41) is 0. The first-order valence-corrected chi connectivity index (χ1v) is 5.85. The smallest absolute Gasteiger partial charge is 0.416 e. The van der Waals surface area contributed by atoms with Gasteiger partial charge in [0.15, 0.2) is 0 Å². The molecule has 3 aliphatic rings. The highest BCUT2D eigenvalue weighted by Crippen LogP contribution is 2.33. The van der Waals surface area contributed by atoms with Gasteiger partial charge in [0.05, 0.1) is 17.6 Å². The second-order valence-corrected chi connectivity index (χ2v) is 5.37. The zero-order valence-corrected chi connectivity index (χ0v) is 10.5. The number of likely N-dealkylation sites (tertiary alicyclic amines) is 1. The Hall–Kier alpha value is -1.98. The van der Waals surface area contributed by atoms with Crippen molar-refractivity contribution < 1.29 is 9.53 Å². The Bertz CT molecular complexity index is 537. The molecule has 6 nitrogen and oxygen atoms in total. The predicted octanol–water partition coefficient (Wildman–Crippen LogP) is 1.73. The van der Waals surface area contributed by atoms with E-state index in [0.29, 0.717) is 12.1 Å². The Kier molecular flexibility index (Phi) is 2.17. The van der Waals surface area contributed by atoms with Gasteiger partial charge in [-0.15, -0.1) is 0 Å². The Morgan fingerprint density at radius 2 is 2.28 bits per heavy atom. The number of hydrogen-bond donors (Lipinski definition) is 0. The van der Waals surface area contributed by atoms with Gasteiger partial charge in [0.1, 0.15) is 23.8 Å². The molecule has 0 aromatic heterocycles. The van der Waals surface area contributed by atoms with E-state index in [9.17, 15) is 4.79 Å². The van der Waals surface area contributed by atoms with Crippen molar-refractivity contribution in [1.29, 1.82) is 0 Å². The van der Waals surface area contributed by atoms with E-state index in [-0.39, 0.29) is 12.3 Å². The Balaban J connectivity index is 1.89. The van der Waals surface area contributed by atoms with E-state index in [1.165, 1.54) is 6.34 Å². The van der Waals surface area contributed by atoms with Crippen LogP contribution in [-0.2, 0) is 4.74 Å². The van der Waals surface area contributed by atoms with E-state index in [4.69, 9.17) is 4.74 Å². The number of piperidine rings is 1. The second kappa shape index (κ2) is 3.51. The van der Waals surface area contributed by atoms with E-state index in [0.717, 1.165) is 11.4 Å². The maximum Gasteiger partial charge on any atom is 0.416 e. The maximum absolute atomic E-state index is 12.2. The molecule has 18 heavy (non-hydrogen) atoms. The molecule has 6 heteroatoms. The average Bonchev–Trinajstić information content (AvgIpc) is 2.76. The SMILES string of the molecule is CC(C)(C)OC(=O)N1C2=CN=CN=C3CC1N=C23. The summed E-state index contributed by atoms with van der Waals surface area (Å²) in [7, 11) is 0. The van der Waals surface area contributed by atoms with Crippen LogP contribution in [0, 0.1) is 0 Å². The molecule has 1 unspecified atom stereocenters. The minimum atomic E-state index is -0.519. The number of allylic oxidation sites excluding steroid dienone is 1. The molecular weight excluding hydrogens is 232 g/mol. The molecule has 0 N–H and O–H groups in total. The third-order valence-corrected chi connectivity index (χ3v) is 2.79. The molecule has 0 saturated heterocycles. The number of ether oxygens (including phenoxy) is 1. The van der Waals surface area contributed by atoms with Gasteiger partial charge in [-0.2, -0.15) is 0 Å². The molecule has 3 rings (SSSR count). The molecule has 0 radical (unpaired) electrons. The Morgan fingerprint density at radius 1 is 1.50 bits per heavy atom. The van der Waals surface area contributed by atoms with Crippen molar-refractivity contribution in [2.24, 2.45) is 15.0 Å². The zero-order chi connectivity index (χ0) is 12.9. The van der Waals surface area contributed by atoms with Crippen molar-refractivity contribution in [3.05, 3.63) is 11.9 Å². The van der Waals surface area contributed by atoms with Crippen LogP contribution in [0.25, 0.3) is 0 Å². The quantitative estimate of drug-likeness (QED) is 0.653. The van der Waals surface area contributed by atoms with E-state index in [1.807, 2.05) is 20.8 Å². The Morgan fingerprint density at radius 3 is 3.00 bits per heavy atom. The fourth-order valence-corrected chi connectivity index (χ4v) is 2.15. The van der Waals surface area contributed by atoms with Gasteiger partial charge >= 0.3 is 6.09 Å². The highest BCUT2D eigenvalue weighted by molar-refractivity contribution is 6.52. The van der Waals surface area contributed by atoms with Gasteiger partial charge in [-0.05, 0) is 20.8 Å². The van der Waals surface area contributed by atoms with Gasteiger partial charge in [0.2, 0.25) is 0 Å². The minimum Gasteiger partial charge on any atom is -0.443 e. The summed E-state index contributed by atoms with van der Waals surface area (Å²) in [5.41, 5.74) is 1.83. The fraction of sp³-hybridized carbons (Fsp3) is 0.500. The average molecular weight is 246 g/mol. The zero-order valence-electron chi connectivity index (χ0n) is 10.5. The van der Waals surface area contributed by atoms with Crippen LogP contribution in [0.2, 0.25) is 0 Å². The molecule has 94 valence electrons. The number of aliphatic imine (C=N–C) groups is 3. The topological polar surface area (TPSA) is 66.6 Å². The van der Waals surface area contributed by atoms with Gasteiger partial charge in [0, 0.05) is 6.42 Å². The van der Waals surface area contributed by atoms with Gasteiger partial charge in [0.25, 0.3) is 0 Å². The van der Waals surface area contributed by atoms with Crippen molar-refractivity contribution in [2.75, 3.05) is 0 Å². The van der Waals surface area contributed by atoms with Crippen molar-refractivity contribution in [1.82, 2.24) is 4.90 Å². The van der Waals surface area contributed by atoms with Crippen LogP contribution in [0.15, 0.2) is 26.9 Å². The molecule has 0 aromatic rings. The van der Waals surface area contributed by atoms with E-state index < -0.39 is 5.60 Å². The highest BCUT2D eigenvalue weighted by atomic mass is 16.6. The van der Waals surface area contributed by atoms with Crippen molar-refractivity contribution in [3.63, 3.8) is 0 Å². The molecule has 1 atom stereocenters. The molecular formula is C12H14N4O2. The largest absolute Gasteiger partial charge is 0.443 e. The van der Waals surface area contributed by atoms with Crippen molar-refractivity contribution >= 4 is 23.9 Å². The Labute approximate surface area is 105 Å². The van der Waals surface area contributed by atoms with Crippen LogP contribution >= 0.6 is 0 Å². The summed E-state index contributed by atoms with van der Waals surface area (Å²) in [4.78, 5) is 26.4. The fourth-order valence-electron chi connectivity index (χ4n) is 2.15. The van der Waals surface area contributed by atoms with Crippen LogP contribution in [0.3, 0.4) is 0 Å². The van der Waals surface area contributed by atoms with Crippen LogP contribution < -0.4 is 0 Å². The summed E-state index contributed by atoms with van der Waals surface area (Å²) in [5.74, 6) is 0. The van der Waals surface area contributed by atoms with E-state index in [2.05, 4.69) is 15.0 Å². The normalized spacial score (nSPS) is 24.5. The number of rotatable bonds is 0. The summed E-state index contributed by atoms with van der Waals surface area (Å²) in [6, 6.07) is 0. The molecule has 0 aromatic carbocycles. The highest BCUT2D eigenvalue weighted by Gasteiger charge is 2.45. The van der Waals surface area contributed by atoms with Gasteiger partial charge in [-0.3, -0.25) is 9.89 Å². The number of hydrogen-bond acceptors (Lipinski definition) is 5. The molecule has 3 aliphatic heterocycles. The molecule has 1 amide bonds. The summed E-state index contributed by atoms with van der Waals surface area (Å²) in [6.07, 6.45) is 3.13. The number of nitrogens with zero attached hydrogens (tertiary/aromatic N) is 4. The maximum atomic E-state index is 12.2. The number of carbonyl (C=O) groups is 1. The molecule has 0 spiro atoms. The summed E-state index contributed by atoms with van der Waals surface area (Å²) in [6.45, 7) is 5.53. The van der Waals surface area contributed by atoms with Gasteiger partial charge in [-0.25, -0.2) is 14.8 Å².